The van der Waals surface area contributed by atoms with Crippen molar-refractivity contribution in [1.82, 2.24) is 0 Å². The van der Waals surface area contributed by atoms with Gasteiger partial charge in [0, 0.05) is 0 Å². The van der Waals surface area contributed by atoms with Gasteiger partial charge in [0.1, 0.15) is 0 Å². The fourth-order valence-corrected chi connectivity index (χ4v) is 3.54. The Labute approximate surface area is 112 Å². The molecule has 1 heteroatoms. The van der Waals surface area contributed by atoms with E-state index in [4.69, 9.17) is 5.73 Å². The molecular formula is C17H27N. The van der Waals surface area contributed by atoms with Crippen molar-refractivity contribution in [3.05, 3.63) is 34.9 Å². The van der Waals surface area contributed by atoms with Gasteiger partial charge in [-0.25, -0.2) is 0 Å². The van der Waals surface area contributed by atoms with E-state index in [0.29, 0.717) is 5.92 Å². The third-order valence-corrected chi connectivity index (χ3v) is 4.39. The highest BCUT2D eigenvalue weighted by atomic mass is 14.6. The Bertz CT molecular complexity index is 355. The Morgan fingerprint density at radius 2 is 1.56 bits per heavy atom. The Kier molecular flexibility index (Phi) is 4.82. The molecule has 0 bridgehead atoms. The van der Waals surface area contributed by atoms with Crippen LogP contribution in [0.2, 0.25) is 0 Å². The van der Waals surface area contributed by atoms with Crippen LogP contribution >= 0.6 is 0 Å². The molecule has 0 amide bonds. The molecule has 18 heavy (non-hydrogen) atoms. The van der Waals surface area contributed by atoms with Crippen LogP contribution in [0.4, 0.5) is 0 Å². The second kappa shape index (κ2) is 6.38. The predicted molar refractivity (Wildman–Crippen MR) is 78.9 cm³/mol. The number of aryl methyl sites for hydroxylation is 2. The molecule has 0 spiro atoms. The molecule has 1 atom stereocenters. The number of hydrogen-bond donors (Lipinski definition) is 1. The van der Waals surface area contributed by atoms with E-state index in [1.165, 1.54) is 55.2 Å². The van der Waals surface area contributed by atoms with Crippen LogP contribution in [0.25, 0.3) is 0 Å². The van der Waals surface area contributed by atoms with E-state index in [0.717, 1.165) is 12.5 Å². The molecule has 1 fully saturated rings. The zero-order chi connectivity index (χ0) is 13.0. The van der Waals surface area contributed by atoms with E-state index in [1.807, 2.05) is 0 Å². The topological polar surface area (TPSA) is 26.0 Å². The normalized spacial score (nSPS) is 19.5. The number of hydrogen-bond acceptors (Lipinski definition) is 1. The standard InChI is InChI=1S/C17H27N/c1-13-9-14(2)11-16(10-13)17(12-18)15-7-5-3-4-6-8-15/h9-11,15,17H,3-8,12,18H2,1-2H3. The van der Waals surface area contributed by atoms with Crippen molar-refractivity contribution in [1.29, 1.82) is 0 Å². The van der Waals surface area contributed by atoms with Gasteiger partial charge in [-0.05, 0) is 50.6 Å². The molecule has 0 aromatic heterocycles. The first-order valence-corrected chi connectivity index (χ1v) is 7.49. The van der Waals surface area contributed by atoms with Crippen LogP contribution in [0.5, 0.6) is 0 Å². The molecule has 0 radical (unpaired) electrons. The van der Waals surface area contributed by atoms with E-state index in [2.05, 4.69) is 32.0 Å². The van der Waals surface area contributed by atoms with Gasteiger partial charge in [-0.3, -0.25) is 0 Å². The third kappa shape index (κ3) is 3.35. The van der Waals surface area contributed by atoms with E-state index in [9.17, 15) is 0 Å². The third-order valence-electron chi connectivity index (χ3n) is 4.39. The Balaban J connectivity index is 2.20. The highest BCUT2D eigenvalue weighted by Crippen LogP contribution is 2.35. The molecule has 1 aliphatic carbocycles. The Morgan fingerprint density at radius 1 is 1.00 bits per heavy atom. The highest BCUT2D eigenvalue weighted by Gasteiger charge is 2.23. The second-order valence-corrected chi connectivity index (χ2v) is 6.01. The first-order valence-electron chi connectivity index (χ1n) is 7.49. The van der Waals surface area contributed by atoms with Crippen LogP contribution in [0.15, 0.2) is 18.2 Å². The molecule has 0 heterocycles. The van der Waals surface area contributed by atoms with Gasteiger partial charge in [-0.2, -0.15) is 0 Å². The molecular weight excluding hydrogens is 218 g/mol. The van der Waals surface area contributed by atoms with Crippen LogP contribution in [-0.2, 0) is 0 Å². The Hall–Kier alpha value is -0.820. The fraction of sp³-hybridized carbons (Fsp3) is 0.647. The minimum absolute atomic E-state index is 0.571. The molecule has 1 aromatic rings. The molecule has 1 unspecified atom stereocenters. The smallest absolute Gasteiger partial charge is 0.000556 e. The number of rotatable bonds is 3. The first kappa shape index (κ1) is 13.6. The quantitative estimate of drug-likeness (QED) is 0.789. The summed E-state index contributed by atoms with van der Waals surface area (Å²) in [5.74, 6) is 1.38. The van der Waals surface area contributed by atoms with Crippen molar-refractivity contribution in [2.75, 3.05) is 6.54 Å². The molecule has 1 aliphatic rings. The van der Waals surface area contributed by atoms with Gasteiger partial charge >= 0.3 is 0 Å². The highest BCUT2D eigenvalue weighted by molar-refractivity contribution is 5.31. The first-order chi connectivity index (χ1) is 8.70. The molecule has 1 nitrogen and oxygen atoms in total. The lowest BCUT2D eigenvalue weighted by Gasteiger charge is -2.26. The summed E-state index contributed by atoms with van der Waals surface area (Å²) < 4.78 is 0. The van der Waals surface area contributed by atoms with Gasteiger partial charge in [0.25, 0.3) is 0 Å². The predicted octanol–water partition coefficient (Wildman–Crippen LogP) is 4.32. The second-order valence-electron chi connectivity index (χ2n) is 6.01. The lowest BCUT2D eigenvalue weighted by Crippen LogP contribution is -2.21. The fourth-order valence-electron chi connectivity index (χ4n) is 3.54. The van der Waals surface area contributed by atoms with Crippen molar-refractivity contribution < 1.29 is 0 Å². The van der Waals surface area contributed by atoms with Gasteiger partial charge in [0.15, 0.2) is 0 Å². The number of nitrogens with two attached hydrogens (primary N) is 1. The lowest BCUT2D eigenvalue weighted by molar-refractivity contribution is 0.380. The van der Waals surface area contributed by atoms with Crippen LogP contribution in [0.1, 0.15) is 61.1 Å². The molecule has 1 saturated carbocycles. The van der Waals surface area contributed by atoms with E-state index in [-0.39, 0.29) is 0 Å². The van der Waals surface area contributed by atoms with Gasteiger partial charge in [0.2, 0.25) is 0 Å². The average molecular weight is 245 g/mol. The summed E-state index contributed by atoms with van der Waals surface area (Å²) in [5, 5.41) is 0. The molecule has 0 aliphatic heterocycles. The molecule has 2 rings (SSSR count). The van der Waals surface area contributed by atoms with Gasteiger partial charge in [0.05, 0.1) is 0 Å². The summed E-state index contributed by atoms with van der Waals surface area (Å²) in [6, 6.07) is 6.94. The monoisotopic (exact) mass is 245 g/mol. The maximum absolute atomic E-state index is 6.09. The minimum atomic E-state index is 0.571. The zero-order valence-corrected chi connectivity index (χ0v) is 11.9. The lowest BCUT2D eigenvalue weighted by atomic mass is 9.80. The maximum Gasteiger partial charge on any atom is -0.000556 e. The van der Waals surface area contributed by atoms with Crippen molar-refractivity contribution in [3.63, 3.8) is 0 Å². The van der Waals surface area contributed by atoms with Crippen molar-refractivity contribution >= 4 is 0 Å². The molecule has 2 N–H and O–H groups in total. The summed E-state index contributed by atoms with van der Waals surface area (Å²) in [4.78, 5) is 0. The maximum atomic E-state index is 6.09. The SMILES string of the molecule is Cc1cc(C)cc(C(CN)C2CCCCCC2)c1. The van der Waals surface area contributed by atoms with Crippen molar-refractivity contribution in [3.8, 4) is 0 Å². The average Bonchev–Trinajstić information content (AvgIpc) is 2.58. The summed E-state index contributed by atoms with van der Waals surface area (Å²) in [6.45, 7) is 5.18. The summed E-state index contributed by atoms with van der Waals surface area (Å²) in [7, 11) is 0. The summed E-state index contributed by atoms with van der Waals surface area (Å²) >= 11 is 0. The van der Waals surface area contributed by atoms with Crippen LogP contribution < -0.4 is 5.73 Å². The molecule has 100 valence electrons. The van der Waals surface area contributed by atoms with Crippen LogP contribution in [0.3, 0.4) is 0 Å². The van der Waals surface area contributed by atoms with Gasteiger partial charge in [-0.1, -0.05) is 55.0 Å². The van der Waals surface area contributed by atoms with Crippen LogP contribution in [-0.4, -0.2) is 6.54 Å². The largest absolute Gasteiger partial charge is 0.330 e. The molecule has 0 saturated heterocycles. The van der Waals surface area contributed by atoms with E-state index < -0.39 is 0 Å². The van der Waals surface area contributed by atoms with E-state index >= 15 is 0 Å². The van der Waals surface area contributed by atoms with Gasteiger partial charge in [-0.15, -0.1) is 0 Å². The Morgan fingerprint density at radius 3 is 2.06 bits per heavy atom. The molecule has 1 aromatic carbocycles. The van der Waals surface area contributed by atoms with E-state index in [1.54, 1.807) is 0 Å². The zero-order valence-electron chi connectivity index (χ0n) is 11.9. The van der Waals surface area contributed by atoms with Gasteiger partial charge < -0.3 is 5.73 Å². The van der Waals surface area contributed by atoms with Crippen molar-refractivity contribution in [2.24, 2.45) is 11.7 Å². The number of benzene rings is 1. The summed E-state index contributed by atoms with van der Waals surface area (Å²) in [5.41, 5.74) is 10.3. The minimum Gasteiger partial charge on any atom is -0.330 e. The van der Waals surface area contributed by atoms with Crippen LogP contribution in [0, 0.1) is 19.8 Å². The van der Waals surface area contributed by atoms with Crippen molar-refractivity contribution in [2.45, 2.75) is 58.3 Å². The summed E-state index contributed by atoms with van der Waals surface area (Å²) in [6.07, 6.45) is 8.36.